The Balaban J connectivity index is 2.21. The van der Waals surface area contributed by atoms with Gasteiger partial charge in [0.1, 0.15) is 11.5 Å². The minimum absolute atomic E-state index is 0.0397. The minimum atomic E-state index is -4.54. The summed E-state index contributed by atoms with van der Waals surface area (Å²) in [4.78, 5) is 15.5. The SMILES string of the molecule is Cc1noc(C)c1C(C)(C)NC(=O)c1ccc(C(F)(F)F)nc1. The summed E-state index contributed by atoms with van der Waals surface area (Å²) >= 11 is 0. The van der Waals surface area contributed by atoms with E-state index in [1.54, 1.807) is 27.7 Å². The van der Waals surface area contributed by atoms with Crippen molar-refractivity contribution in [1.82, 2.24) is 15.5 Å². The van der Waals surface area contributed by atoms with Crippen LogP contribution in [0.4, 0.5) is 13.2 Å². The highest BCUT2D eigenvalue weighted by Crippen LogP contribution is 2.28. The van der Waals surface area contributed by atoms with E-state index in [2.05, 4.69) is 15.5 Å². The first-order valence-electron chi connectivity index (χ1n) is 6.81. The lowest BCUT2D eigenvalue weighted by atomic mass is 9.92. The van der Waals surface area contributed by atoms with Gasteiger partial charge in [0.25, 0.3) is 5.91 Å². The molecule has 0 saturated carbocycles. The summed E-state index contributed by atoms with van der Waals surface area (Å²) in [6, 6.07) is 1.87. The van der Waals surface area contributed by atoms with E-state index in [1.807, 2.05) is 0 Å². The van der Waals surface area contributed by atoms with Crippen LogP contribution >= 0.6 is 0 Å². The highest BCUT2D eigenvalue weighted by molar-refractivity contribution is 5.94. The van der Waals surface area contributed by atoms with Crippen molar-refractivity contribution in [3.05, 3.63) is 46.6 Å². The maximum atomic E-state index is 12.5. The van der Waals surface area contributed by atoms with Gasteiger partial charge in [-0.25, -0.2) is 0 Å². The molecule has 5 nitrogen and oxygen atoms in total. The summed E-state index contributed by atoms with van der Waals surface area (Å²) in [5.74, 6) is 0.0366. The molecule has 1 amide bonds. The topological polar surface area (TPSA) is 68.0 Å². The lowest BCUT2D eigenvalue weighted by Crippen LogP contribution is -2.41. The summed E-state index contributed by atoms with van der Waals surface area (Å²) in [7, 11) is 0. The van der Waals surface area contributed by atoms with Crippen molar-refractivity contribution in [3.8, 4) is 0 Å². The number of carbonyl (C=O) groups is 1. The molecule has 2 rings (SSSR count). The quantitative estimate of drug-likeness (QED) is 0.938. The van der Waals surface area contributed by atoms with Crippen LogP contribution in [0.5, 0.6) is 0 Å². The van der Waals surface area contributed by atoms with Gasteiger partial charge >= 0.3 is 6.18 Å². The number of rotatable bonds is 3. The molecule has 8 heteroatoms. The van der Waals surface area contributed by atoms with Crippen LogP contribution in [0.25, 0.3) is 0 Å². The highest BCUT2D eigenvalue weighted by atomic mass is 19.4. The van der Waals surface area contributed by atoms with Gasteiger partial charge in [-0.05, 0) is 39.8 Å². The number of amides is 1. The van der Waals surface area contributed by atoms with Crippen molar-refractivity contribution in [1.29, 1.82) is 0 Å². The number of alkyl halides is 3. The number of nitrogens with zero attached hydrogens (tertiary/aromatic N) is 2. The summed E-state index contributed by atoms with van der Waals surface area (Å²) in [5.41, 5.74) is -0.436. The number of nitrogens with one attached hydrogen (secondary N) is 1. The third kappa shape index (κ3) is 3.52. The van der Waals surface area contributed by atoms with Crippen LogP contribution in [0.2, 0.25) is 0 Å². The van der Waals surface area contributed by atoms with Crippen molar-refractivity contribution < 1.29 is 22.5 Å². The Morgan fingerprint density at radius 3 is 2.30 bits per heavy atom. The largest absolute Gasteiger partial charge is 0.433 e. The van der Waals surface area contributed by atoms with Crippen LogP contribution in [0.3, 0.4) is 0 Å². The van der Waals surface area contributed by atoms with Gasteiger partial charge in [0.15, 0.2) is 0 Å². The van der Waals surface area contributed by atoms with Gasteiger partial charge in [-0.15, -0.1) is 0 Å². The first kappa shape index (κ1) is 17.0. The molecule has 0 bridgehead atoms. The second-order valence-electron chi connectivity index (χ2n) is 5.71. The van der Waals surface area contributed by atoms with E-state index in [1.165, 1.54) is 0 Å². The number of carbonyl (C=O) groups excluding carboxylic acids is 1. The number of aryl methyl sites for hydroxylation is 2. The van der Waals surface area contributed by atoms with E-state index in [9.17, 15) is 18.0 Å². The molecule has 2 aromatic rings. The van der Waals surface area contributed by atoms with Gasteiger partial charge in [-0.2, -0.15) is 13.2 Å². The third-order valence-corrected chi connectivity index (χ3v) is 3.40. The van der Waals surface area contributed by atoms with Gasteiger partial charge in [0.05, 0.1) is 16.8 Å². The van der Waals surface area contributed by atoms with E-state index in [4.69, 9.17) is 4.52 Å². The maximum absolute atomic E-state index is 12.5. The average molecular weight is 327 g/mol. The second kappa shape index (κ2) is 5.68. The number of hydrogen-bond acceptors (Lipinski definition) is 4. The first-order chi connectivity index (χ1) is 10.5. The molecule has 1 N–H and O–H groups in total. The highest BCUT2D eigenvalue weighted by Gasteiger charge is 2.33. The van der Waals surface area contributed by atoms with E-state index >= 15 is 0 Å². The van der Waals surface area contributed by atoms with Gasteiger partial charge in [-0.3, -0.25) is 9.78 Å². The fraction of sp³-hybridized carbons (Fsp3) is 0.400. The van der Waals surface area contributed by atoms with Crippen LogP contribution < -0.4 is 5.32 Å². The van der Waals surface area contributed by atoms with E-state index < -0.39 is 23.3 Å². The van der Waals surface area contributed by atoms with Gasteiger partial charge in [0, 0.05) is 11.8 Å². The lowest BCUT2D eigenvalue weighted by molar-refractivity contribution is -0.141. The molecule has 23 heavy (non-hydrogen) atoms. The summed E-state index contributed by atoms with van der Waals surface area (Å²) in [6.07, 6.45) is -3.63. The molecule has 0 saturated heterocycles. The standard InChI is InChI=1S/C15H16F3N3O2/c1-8-12(9(2)23-21-8)14(3,4)20-13(22)10-5-6-11(19-7-10)15(16,17)18/h5-7H,1-4H3,(H,20,22). The Labute approximate surface area is 130 Å². The predicted molar refractivity (Wildman–Crippen MR) is 75.7 cm³/mol. The first-order valence-corrected chi connectivity index (χ1v) is 6.81. The molecule has 0 aliphatic carbocycles. The van der Waals surface area contributed by atoms with Crippen molar-refractivity contribution in [2.75, 3.05) is 0 Å². The van der Waals surface area contributed by atoms with Crippen molar-refractivity contribution >= 4 is 5.91 Å². The molecule has 0 spiro atoms. The zero-order valence-corrected chi connectivity index (χ0v) is 13.1. The third-order valence-electron chi connectivity index (χ3n) is 3.40. The Morgan fingerprint density at radius 2 is 1.87 bits per heavy atom. The molecule has 0 unspecified atom stereocenters. The zero-order valence-electron chi connectivity index (χ0n) is 13.1. The van der Waals surface area contributed by atoms with E-state index in [0.717, 1.165) is 23.9 Å². The molecule has 0 atom stereocenters. The number of hydrogen-bond donors (Lipinski definition) is 1. The predicted octanol–water partition coefficient (Wildman–Crippen LogP) is 3.37. The van der Waals surface area contributed by atoms with Crippen LogP contribution in [0.15, 0.2) is 22.9 Å². The molecule has 124 valence electrons. The minimum Gasteiger partial charge on any atom is -0.361 e. The normalized spacial score (nSPS) is 12.3. The Kier molecular flexibility index (Phi) is 4.19. The second-order valence-corrected chi connectivity index (χ2v) is 5.71. The van der Waals surface area contributed by atoms with E-state index in [0.29, 0.717) is 11.5 Å². The number of pyridine rings is 1. The molecular formula is C15H16F3N3O2. The lowest BCUT2D eigenvalue weighted by Gasteiger charge is -2.26. The smallest absolute Gasteiger partial charge is 0.361 e. The van der Waals surface area contributed by atoms with Gasteiger partial charge in [-0.1, -0.05) is 5.16 Å². The van der Waals surface area contributed by atoms with Crippen LogP contribution in [-0.4, -0.2) is 16.0 Å². The molecule has 0 fully saturated rings. The molecule has 2 aromatic heterocycles. The molecular weight excluding hydrogens is 311 g/mol. The Hall–Kier alpha value is -2.38. The van der Waals surface area contributed by atoms with Crippen molar-refractivity contribution in [2.24, 2.45) is 0 Å². The summed E-state index contributed by atoms with van der Waals surface area (Å²) in [6.45, 7) is 6.99. The van der Waals surface area contributed by atoms with Gasteiger partial charge < -0.3 is 9.84 Å². The molecule has 0 aliphatic rings. The molecule has 0 aliphatic heterocycles. The molecule has 2 heterocycles. The molecule has 0 radical (unpaired) electrons. The molecule has 0 aromatic carbocycles. The summed E-state index contributed by atoms with van der Waals surface area (Å²) < 4.78 is 42.5. The van der Waals surface area contributed by atoms with Gasteiger partial charge in [0.2, 0.25) is 0 Å². The van der Waals surface area contributed by atoms with Crippen LogP contribution in [0, 0.1) is 13.8 Å². The maximum Gasteiger partial charge on any atom is 0.433 e. The fourth-order valence-corrected chi connectivity index (χ4v) is 2.49. The average Bonchev–Trinajstić information content (AvgIpc) is 2.77. The van der Waals surface area contributed by atoms with Crippen molar-refractivity contribution in [2.45, 2.75) is 39.4 Å². The zero-order chi connectivity index (χ0) is 17.4. The Bertz CT molecular complexity index is 699. The number of halogens is 3. The van der Waals surface area contributed by atoms with Crippen LogP contribution in [0.1, 0.15) is 46.9 Å². The monoisotopic (exact) mass is 327 g/mol. The van der Waals surface area contributed by atoms with E-state index in [-0.39, 0.29) is 5.56 Å². The fourth-order valence-electron chi connectivity index (χ4n) is 2.49. The Morgan fingerprint density at radius 1 is 1.22 bits per heavy atom. The summed E-state index contributed by atoms with van der Waals surface area (Å²) in [5, 5.41) is 6.59. The van der Waals surface area contributed by atoms with Crippen LogP contribution in [-0.2, 0) is 11.7 Å². The van der Waals surface area contributed by atoms with Crippen molar-refractivity contribution in [3.63, 3.8) is 0 Å². The number of aromatic nitrogens is 2.